The first kappa shape index (κ1) is 14.5. The summed E-state index contributed by atoms with van der Waals surface area (Å²) in [5, 5.41) is 11.8. The number of halogens is 1. The lowest BCUT2D eigenvalue weighted by Crippen LogP contribution is -2.12. The van der Waals surface area contributed by atoms with Crippen LogP contribution in [0.2, 0.25) is 5.02 Å². The van der Waals surface area contributed by atoms with Gasteiger partial charge in [0, 0.05) is 17.1 Å². The number of aromatic carboxylic acids is 1. The monoisotopic (exact) mass is 269 g/mol. The maximum absolute atomic E-state index is 11.6. The van der Waals surface area contributed by atoms with Gasteiger partial charge in [0.25, 0.3) is 0 Å². The van der Waals surface area contributed by atoms with Crippen LogP contribution in [0.5, 0.6) is 0 Å². The van der Waals surface area contributed by atoms with Gasteiger partial charge in [-0.1, -0.05) is 25.4 Å². The average molecular weight is 270 g/mol. The second-order valence-corrected chi connectivity index (χ2v) is 4.95. The number of anilines is 1. The Morgan fingerprint density at radius 3 is 2.56 bits per heavy atom. The number of hydrogen-bond acceptors (Lipinski definition) is 2. The lowest BCUT2D eigenvalue weighted by Gasteiger charge is -2.08. The van der Waals surface area contributed by atoms with Gasteiger partial charge in [-0.3, -0.25) is 4.79 Å². The molecular formula is C13H16ClNO3. The van der Waals surface area contributed by atoms with Crippen LogP contribution in [-0.2, 0) is 4.79 Å². The van der Waals surface area contributed by atoms with E-state index in [1.54, 1.807) is 0 Å². The third-order valence-electron chi connectivity index (χ3n) is 2.38. The Balaban J connectivity index is 2.72. The number of nitrogens with one attached hydrogen (secondary N) is 1. The minimum absolute atomic E-state index is 0.0571. The molecule has 0 atom stereocenters. The third kappa shape index (κ3) is 4.75. The first-order chi connectivity index (χ1) is 8.38. The van der Waals surface area contributed by atoms with Gasteiger partial charge in [-0.05, 0) is 30.5 Å². The Hall–Kier alpha value is -1.55. The summed E-state index contributed by atoms with van der Waals surface area (Å²) in [6.07, 6.45) is 1.20. The van der Waals surface area contributed by atoms with Gasteiger partial charge in [0.15, 0.2) is 0 Å². The zero-order valence-electron chi connectivity index (χ0n) is 10.4. The van der Waals surface area contributed by atoms with Gasteiger partial charge < -0.3 is 10.4 Å². The van der Waals surface area contributed by atoms with E-state index in [-0.39, 0.29) is 16.5 Å². The highest BCUT2D eigenvalue weighted by atomic mass is 35.5. The van der Waals surface area contributed by atoms with Crippen molar-refractivity contribution in [3.63, 3.8) is 0 Å². The van der Waals surface area contributed by atoms with Crippen molar-refractivity contribution < 1.29 is 14.7 Å². The summed E-state index contributed by atoms with van der Waals surface area (Å²) in [7, 11) is 0. The first-order valence-corrected chi connectivity index (χ1v) is 6.10. The van der Waals surface area contributed by atoms with Gasteiger partial charge in [0.2, 0.25) is 5.91 Å². The van der Waals surface area contributed by atoms with Gasteiger partial charge in [-0.15, -0.1) is 0 Å². The standard InChI is InChI=1S/C13H16ClNO3/c1-8(2)3-4-12(16)15-11-6-9(13(17)18)5-10(14)7-11/h5-8H,3-4H2,1-2H3,(H,15,16)(H,17,18). The Labute approximate surface area is 111 Å². The molecule has 0 bridgehead atoms. The summed E-state index contributed by atoms with van der Waals surface area (Å²) < 4.78 is 0. The summed E-state index contributed by atoms with van der Waals surface area (Å²) >= 11 is 5.79. The number of rotatable bonds is 5. The van der Waals surface area contributed by atoms with Gasteiger partial charge in [0.05, 0.1) is 5.56 Å². The van der Waals surface area contributed by atoms with Gasteiger partial charge in [-0.2, -0.15) is 0 Å². The van der Waals surface area contributed by atoms with E-state index in [2.05, 4.69) is 5.32 Å². The number of hydrogen-bond donors (Lipinski definition) is 2. The smallest absolute Gasteiger partial charge is 0.335 e. The van der Waals surface area contributed by atoms with Crippen LogP contribution in [0.25, 0.3) is 0 Å². The fourth-order valence-electron chi connectivity index (χ4n) is 1.43. The molecule has 5 heteroatoms. The third-order valence-corrected chi connectivity index (χ3v) is 2.60. The zero-order chi connectivity index (χ0) is 13.7. The highest BCUT2D eigenvalue weighted by Gasteiger charge is 2.09. The molecule has 0 aliphatic rings. The molecule has 0 spiro atoms. The fraction of sp³-hybridized carbons (Fsp3) is 0.385. The minimum Gasteiger partial charge on any atom is -0.478 e. The molecule has 0 unspecified atom stereocenters. The minimum atomic E-state index is -1.07. The second kappa shape index (κ2) is 6.40. The van der Waals surface area contributed by atoms with Crippen LogP contribution < -0.4 is 5.32 Å². The van der Waals surface area contributed by atoms with E-state index in [0.717, 1.165) is 6.42 Å². The van der Waals surface area contributed by atoms with Gasteiger partial charge >= 0.3 is 5.97 Å². The molecule has 2 N–H and O–H groups in total. The van der Waals surface area contributed by atoms with E-state index in [9.17, 15) is 9.59 Å². The summed E-state index contributed by atoms with van der Waals surface area (Å²) in [4.78, 5) is 22.4. The summed E-state index contributed by atoms with van der Waals surface area (Å²) in [5.74, 6) is -0.762. The van der Waals surface area contributed by atoms with Crippen molar-refractivity contribution in [3.8, 4) is 0 Å². The summed E-state index contributed by atoms with van der Waals surface area (Å²) in [6.45, 7) is 4.07. The van der Waals surface area contributed by atoms with Crippen molar-refractivity contribution >= 4 is 29.2 Å². The number of carboxylic acids is 1. The Kier molecular flexibility index (Phi) is 5.16. The normalized spacial score (nSPS) is 10.4. The lowest BCUT2D eigenvalue weighted by molar-refractivity contribution is -0.116. The van der Waals surface area contributed by atoms with Crippen molar-refractivity contribution in [2.24, 2.45) is 5.92 Å². The first-order valence-electron chi connectivity index (χ1n) is 5.72. The maximum Gasteiger partial charge on any atom is 0.335 e. The van der Waals surface area contributed by atoms with E-state index in [0.29, 0.717) is 18.0 Å². The molecule has 0 saturated heterocycles. The quantitative estimate of drug-likeness (QED) is 0.861. The van der Waals surface area contributed by atoms with Crippen LogP contribution in [-0.4, -0.2) is 17.0 Å². The molecule has 0 saturated carbocycles. The molecule has 1 amide bonds. The predicted octanol–water partition coefficient (Wildman–Crippen LogP) is 3.41. The Morgan fingerprint density at radius 1 is 1.33 bits per heavy atom. The highest BCUT2D eigenvalue weighted by Crippen LogP contribution is 2.19. The molecule has 0 fully saturated rings. The predicted molar refractivity (Wildman–Crippen MR) is 71.1 cm³/mol. The molecular weight excluding hydrogens is 254 g/mol. The van der Waals surface area contributed by atoms with Crippen molar-refractivity contribution in [3.05, 3.63) is 28.8 Å². The number of benzene rings is 1. The van der Waals surface area contributed by atoms with E-state index < -0.39 is 5.97 Å². The SMILES string of the molecule is CC(C)CCC(=O)Nc1cc(Cl)cc(C(=O)O)c1. The van der Waals surface area contributed by atoms with E-state index in [1.165, 1.54) is 18.2 Å². The fourth-order valence-corrected chi connectivity index (χ4v) is 1.66. The molecule has 0 aliphatic carbocycles. The number of carbonyl (C=O) groups excluding carboxylic acids is 1. The second-order valence-electron chi connectivity index (χ2n) is 4.51. The summed E-state index contributed by atoms with van der Waals surface area (Å²) in [5.41, 5.74) is 0.468. The van der Waals surface area contributed by atoms with Crippen LogP contribution in [0.4, 0.5) is 5.69 Å². The molecule has 0 heterocycles. The molecule has 0 aliphatic heterocycles. The van der Waals surface area contributed by atoms with Crippen LogP contribution in [0.3, 0.4) is 0 Å². The number of carboxylic acid groups (broad SMARTS) is 1. The topological polar surface area (TPSA) is 66.4 Å². The van der Waals surface area contributed by atoms with Crippen LogP contribution in [0.1, 0.15) is 37.0 Å². The largest absolute Gasteiger partial charge is 0.478 e. The van der Waals surface area contributed by atoms with Crippen LogP contribution in [0, 0.1) is 5.92 Å². The van der Waals surface area contributed by atoms with E-state index in [1.807, 2.05) is 13.8 Å². The highest BCUT2D eigenvalue weighted by molar-refractivity contribution is 6.31. The molecule has 98 valence electrons. The lowest BCUT2D eigenvalue weighted by atomic mass is 10.1. The summed E-state index contributed by atoms with van der Waals surface area (Å²) in [6, 6.07) is 4.26. The molecule has 18 heavy (non-hydrogen) atoms. The van der Waals surface area contributed by atoms with Gasteiger partial charge in [0.1, 0.15) is 0 Å². The van der Waals surface area contributed by atoms with E-state index in [4.69, 9.17) is 16.7 Å². The average Bonchev–Trinajstić information content (AvgIpc) is 2.25. The molecule has 1 rings (SSSR count). The Bertz CT molecular complexity index is 458. The van der Waals surface area contributed by atoms with Crippen LogP contribution in [0.15, 0.2) is 18.2 Å². The van der Waals surface area contributed by atoms with Crippen molar-refractivity contribution in [1.82, 2.24) is 0 Å². The molecule has 0 aromatic heterocycles. The van der Waals surface area contributed by atoms with Crippen LogP contribution >= 0.6 is 11.6 Å². The van der Waals surface area contributed by atoms with E-state index >= 15 is 0 Å². The van der Waals surface area contributed by atoms with Crippen molar-refractivity contribution in [1.29, 1.82) is 0 Å². The zero-order valence-corrected chi connectivity index (χ0v) is 11.1. The number of amides is 1. The van der Waals surface area contributed by atoms with Crippen molar-refractivity contribution in [2.75, 3.05) is 5.32 Å². The molecule has 0 radical (unpaired) electrons. The maximum atomic E-state index is 11.6. The molecule has 1 aromatic rings. The number of carbonyl (C=O) groups is 2. The molecule has 1 aromatic carbocycles. The van der Waals surface area contributed by atoms with Crippen molar-refractivity contribution in [2.45, 2.75) is 26.7 Å². The van der Waals surface area contributed by atoms with Gasteiger partial charge in [-0.25, -0.2) is 4.79 Å². The Morgan fingerprint density at radius 2 is 2.00 bits per heavy atom. The molecule has 4 nitrogen and oxygen atoms in total.